The molecular weight excluding hydrogens is 322 g/mol. The van der Waals surface area contributed by atoms with Crippen molar-refractivity contribution in [2.24, 2.45) is 0 Å². The molecule has 0 saturated heterocycles. The minimum absolute atomic E-state index is 0.205. The minimum atomic E-state index is -0.983. The van der Waals surface area contributed by atoms with Gasteiger partial charge in [0.1, 0.15) is 13.2 Å². The Morgan fingerprint density at radius 3 is 2.64 bits per heavy atom. The molecule has 25 heavy (non-hydrogen) atoms. The first-order valence-corrected chi connectivity index (χ1v) is 8.03. The van der Waals surface area contributed by atoms with Gasteiger partial charge in [0.25, 0.3) is 5.91 Å². The Hall–Kier alpha value is -3.02. The Morgan fingerprint density at radius 1 is 1.12 bits per heavy atom. The summed E-state index contributed by atoms with van der Waals surface area (Å²) in [5.41, 5.74) is 2.03. The number of carbonyl (C=O) groups is 2. The van der Waals surface area contributed by atoms with Gasteiger partial charge in [-0.2, -0.15) is 0 Å². The van der Waals surface area contributed by atoms with E-state index in [9.17, 15) is 14.7 Å². The average molecular weight is 341 g/mol. The summed E-state index contributed by atoms with van der Waals surface area (Å²) in [7, 11) is 0. The largest absolute Gasteiger partial charge is 0.486 e. The lowest BCUT2D eigenvalue weighted by atomic mass is 9.98. The van der Waals surface area contributed by atoms with Crippen molar-refractivity contribution in [3.63, 3.8) is 0 Å². The molecule has 1 atom stereocenters. The highest BCUT2D eigenvalue weighted by Crippen LogP contribution is 2.34. The number of carboxylic acids is 1. The number of fused-ring (bicyclic) bond motifs is 1. The van der Waals surface area contributed by atoms with Crippen LogP contribution in [0.5, 0.6) is 11.5 Å². The molecule has 0 aromatic heterocycles. The topological polar surface area (TPSA) is 84.9 Å². The molecule has 0 spiro atoms. The fourth-order valence-corrected chi connectivity index (χ4v) is 2.88. The van der Waals surface area contributed by atoms with Crippen molar-refractivity contribution in [3.05, 3.63) is 59.2 Å². The van der Waals surface area contributed by atoms with Crippen molar-refractivity contribution >= 4 is 11.9 Å². The number of para-hydroxylation sites is 1. The van der Waals surface area contributed by atoms with Crippen molar-refractivity contribution in [1.82, 2.24) is 5.32 Å². The summed E-state index contributed by atoms with van der Waals surface area (Å²) >= 11 is 0. The summed E-state index contributed by atoms with van der Waals surface area (Å²) in [6.45, 7) is 2.69. The molecule has 0 radical (unpaired) electrons. The lowest BCUT2D eigenvalue weighted by molar-refractivity contribution is -0.137. The van der Waals surface area contributed by atoms with Crippen LogP contribution >= 0.6 is 0 Å². The van der Waals surface area contributed by atoms with Crippen LogP contribution in [0.25, 0.3) is 0 Å². The van der Waals surface area contributed by atoms with E-state index in [-0.39, 0.29) is 6.42 Å². The SMILES string of the molecule is Cc1ccccc1C(CC(=O)O)NC(=O)c1cccc2c1OCCO2. The number of carbonyl (C=O) groups excluding carboxylic acids is 1. The van der Waals surface area contributed by atoms with Gasteiger partial charge < -0.3 is 19.9 Å². The molecule has 2 aromatic rings. The summed E-state index contributed by atoms with van der Waals surface area (Å²) in [6, 6.07) is 11.9. The van der Waals surface area contributed by atoms with Gasteiger partial charge in [0, 0.05) is 0 Å². The Morgan fingerprint density at radius 2 is 1.88 bits per heavy atom. The van der Waals surface area contributed by atoms with E-state index >= 15 is 0 Å². The number of aliphatic carboxylic acids is 1. The lowest BCUT2D eigenvalue weighted by Crippen LogP contribution is -2.31. The molecule has 0 aliphatic carbocycles. The maximum atomic E-state index is 12.8. The molecule has 0 bridgehead atoms. The molecular formula is C19H19NO5. The average Bonchev–Trinajstić information content (AvgIpc) is 2.60. The van der Waals surface area contributed by atoms with Gasteiger partial charge in [-0.3, -0.25) is 9.59 Å². The van der Waals surface area contributed by atoms with Crippen LogP contribution in [0, 0.1) is 6.92 Å². The molecule has 1 aliphatic rings. The van der Waals surface area contributed by atoms with Gasteiger partial charge >= 0.3 is 5.97 Å². The first-order valence-electron chi connectivity index (χ1n) is 8.03. The monoisotopic (exact) mass is 341 g/mol. The number of amides is 1. The van der Waals surface area contributed by atoms with Crippen LogP contribution in [0.15, 0.2) is 42.5 Å². The van der Waals surface area contributed by atoms with E-state index in [1.54, 1.807) is 18.2 Å². The zero-order chi connectivity index (χ0) is 17.8. The van der Waals surface area contributed by atoms with E-state index < -0.39 is 17.9 Å². The van der Waals surface area contributed by atoms with Crippen molar-refractivity contribution < 1.29 is 24.2 Å². The van der Waals surface area contributed by atoms with Crippen LogP contribution in [0.1, 0.15) is 33.9 Å². The van der Waals surface area contributed by atoms with Gasteiger partial charge in [-0.25, -0.2) is 0 Å². The molecule has 2 N–H and O–H groups in total. The lowest BCUT2D eigenvalue weighted by Gasteiger charge is -2.23. The summed E-state index contributed by atoms with van der Waals surface area (Å²) in [5, 5.41) is 12.0. The molecule has 0 fully saturated rings. The zero-order valence-electron chi connectivity index (χ0n) is 13.8. The van der Waals surface area contributed by atoms with Crippen molar-refractivity contribution in [1.29, 1.82) is 0 Å². The fraction of sp³-hybridized carbons (Fsp3) is 0.263. The van der Waals surface area contributed by atoms with Gasteiger partial charge in [0.2, 0.25) is 0 Å². The number of hydrogen-bond donors (Lipinski definition) is 2. The molecule has 130 valence electrons. The van der Waals surface area contributed by atoms with E-state index in [2.05, 4.69) is 5.32 Å². The number of aryl methyl sites for hydroxylation is 1. The van der Waals surface area contributed by atoms with Crippen LogP contribution in [0.2, 0.25) is 0 Å². The highest BCUT2D eigenvalue weighted by atomic mass is 16.6. The van der Waals surface area contributed by atoms with Gasteiger partial charge in [0.15, 0.2) is 11.5 Å². The standard InChI is InChI=1S/C19H19NO5/c1-12-5-2-3-6-13(12)15(11-17(21)22)20-19(23)14-7-4-8-16-18(14)25-10-9-24-16/h2-8,15H,9-11H2,1H3,(H,20,23)(H,21,22). The Kier molecular flexibility index (Phi) is 4.88. The molecule has 1 aliphatic heterocycles. The molecule has 1 heterocycles. The van der Waals surface area contributed by atoms with Crippen LogP contribution in [-0.2, 0) is 4.79 Å². The molecule has 2 aromatic carbocycles. The van der Waals surface area contributed by atoms with Gasteiger partial charge in [-0.05, 0) is 30.2 Å². The summed E-state index contributed by atoms with van der Waals surface area (Å²) < 4.78 is 11.1. The fourth-order valence-electron chi connectivity index (χ4n) is 2.88. The van der Waals surface area contributed by atoms with Crippen molar-refractivity contribution in [3.8, 4) is 11.5 Å². The second kappa shape index (κ2) is 7.25. The number of carboxylic acid groups (broad SMARTS) is 1. The summed E-state index contributed by atoms with van der Waals surface area (Å²) in [5.74, 6) is -0.463. The van der Waals surface area contributed by atoms with Crippen LogP contribution in [-0.4, -0.2) is 30.2 Å². The molecule has 1 unspecified atom stereocenters. The molecule has 6 nitrogen and oxygen atoms in total. The van der Waals surface area contributed by atoms with E-state index in [0.717, 1.165) is 11.1 Å². The number of ether oxygens (including phenoxy) is 2. The van der Waals surface area contributed by atoms with E-state index in [0.29, 0.717) is 30.3 Å². The van der Waals surface area contributed by atoms with Gasteiger partial charge in [-0.15, -0.1) is 0 Å². The van der Waals surface area contributed by atoms with Gasteiger partial charge in [-0.1, -0.05) is 30.3 Å². The third-order valence-electron chi connectivity index (χ3n) is 4.06. The highest BCUT2D eigenvalue weighted by Gasteiger charge is 2.24. The predicted octanol–water partition coefficient (Wildman–Crippen LogP) is 2.71. The second-order valence-corrected chi connectivity index (χ2v) is 5.81. The van der Waals surface area contributed by atoms with E-state index in [4.69, 9.17) is 9.47 Å². The Labute approximate surface area is 145 Å². The smallest absolute Gasteiger partial charge is 0.305 e. The first-order chi connectivity index (χ1) is 12.1. The highest BCUT2D eigenvalue weighted by molar-refractivity contribution is 5.98. The Bertz CT molecular complexity index is 802. The first kappa shape index (κ1) is 16.8. The van der Waals surface area contributed by atoms with Gasteiger partial charge in [0.05, 0.1) is 18.0 Å². The van der Waals surface area contributed by atoms with Crippen molar-refractivity contribution in [2.75, 3.05) is 13.2 Å². The number of rotatable bonds is 5. The quantitative estimate of drug-likeness (QED) is 0.873. The van der Waals surface area contributed by atoms with E-state index in [1.165, 1.54) is 0 Å². The molecule has 6 heteroatoms. The second-order valence-electron chi connectivity index (χ2n) is 5.81. The van der Waals surface area contributed by atoms with Crippen LogP contribution < -0.4 is 14.8 Å². The van der Waals surface area contributed by atoms with Crippen LogP contribution in [0.3, 0.4) is 0 Å². The number of hydrogen-bond acceptors (Lipinski definition) is 4. The molecule has 1 amide bonds. The predicted molar refractivity (Wildman–Crippen MR) is 91.1 cm³/mol. The van der Waals surface area contributed by atoms with Crippen LogP contribution in [0.4, 0.5) is 0 Å². The molecule has 3 rings (SSSR count). The number of benzene rings is 2. The zero-order valence-corrected chi connectivity index (χ0v) is 13.8. The van der Waals surface area contributed by atoms with E-state index in [1.807, 2.05) is 31.2 Å². The summed E-state index contributed by atoms with van der Waals surface area (Å²) in [6.07, 6.45) is -0.205. The third-order valence-corrected chi connectivity index (χ3v) is 4.06. The van der Waals surface area contributed by atoms with Crippen molar-refractivity contribution in [2.45, 2.75) is 19.4 Å². The third kappa shape index (κ3) is 3.74. The maximum absolute atomic E-state index is 12.8. The summed E-state index contributed by atoms with van der Waals surface area (Å²) in [4.78, 5) is 24.0. The Balaban J connectivity index is 1.89. The number of nitrogens with one attached hydrogen (secondary N) is 1. The minimum Gasteiger partial charge on any atom is -0.486 e. The molecule has 0 saturated carbocycles. The normalized spacial score (nSPS) is 13.8. The maximum Gasteiger partial charge on any atom is 0.305 e.